The van der Waals surface area contributed by atoms with Gasteiger partial charge in [-0.05, 0) is 28.1 Å². The molecule has 0 aliphatic rings. The van der Waals surface area contributed by atoms with Crippen LogP contribution in [0.2, 0.25) is 5.02 Å². The molecule has 0 atom stereocenters. The predicted molar refractivity (Wildman–Crippen MR) is 70.8 cm³/mol. The molecule has 2 aromatic rings. The number of aromatic amines is 1. The van der Waals surface area contributed by atoms with Gasteiger partial charge in [0.2, 0.25) is 0 Å². The molecule has 88 valence electrons. The molecule has 0 bridgehead atoms. The van der Waals surface area contributed by atoms with Crippen molar-refractivity contribution in [1.29, 1.82) is 0 Å². The van der Waals surface area contributed by atoms with Crippen molar-refractivity contribution in [3.05, 3.63) is 27.8 Å². The van der Waals surface area contributed by atoms with Gasteiger partial charge in [0.25, 0.3) is 0 Å². The van der Waals surface area contributed by atoms with E-state index < -0.39 is 7.82 Å². The number of rotatable bonds is 2. The molecule has 9 heteroatoms. The molecule has 1 heterocycles. The van der Waals surface area contributed by atoms with Crippen molar-refractivity contribution in [1.82, 2.24) is 4.98 Å². The van der Waals surface area contributed by atoms with Crippen LogP contribution in [0.15, 0.2) is 22.8 Å². The molecular formula is C8H7BrClNNaO4P. The zero-order valence-electron chi connectivity index (χ0n) is 7.65. The monoisotopic (exact) mass is 349 g/mol. The first-order valence-corrected chi connectivity index (χ1v) is 6.79. The summed E-state index contributed by atoms with van der Waals surface area (Å²) < 4.78 is 15.9. The molecule has 0 saturated carbocycles. The van der Waals surface area contributed by atoms with Crippen LogP contribution in [0.25, 0.3) is 10.9 Å². The molecule has 17 heavy (non-hydrogen) atoms. The summed E-state index contributed by atoms with van der Waals surface area (Å²) in [6.45, 7) is 0. The Kier molecular flexibility index (Phi) is 5.15. The van der Waals surface area contributed by atoms with Crippen LogP contribution < -0.4 is 4.52 Å². The van der Waals surface area contributed by atoms with Crippen LogP contribution in [-0.4, -0.2) is 44.3 Å². The molecule has 5 nitrogen and oxygen atoms in total. The molecule has 0 amide bonds. The van der Waals surface area contributed by atoms with E-state index in [0.717, 1.165) is 0 Å². The van der Waals surface area contributed by atoms with Gasteiger partial charge in [0, 0.05) is 10.7 Å². The zero-order valence-corrected chi connectivity index (χ0v) is 10.9. The summed E-state index contributed by atoms with van der Waals surface area (Å²) in [5, 5.41) is 0.765. The molecule has 0 aliphatic heterocycles. The van der Waals surface area contributed by atoms with Gasteiger partial charge in [-0.25, -0.2) is 4.57 Å². The summed E-state index contributed by atoms with van der Waals surface area (Å²) in [6.07, 6.45) is 1.35. The predicted octanol–water partition coefficient (Wildman–Crippen LogP) is 2.41. The summed E-state index contributed by atoms with van der Waals surface area (Å²) in [7, 11) is -4.59. The first-order chi connectivity index (χ1) is 7.38. The van der Waals surface area contributed by atoms with Crippen molar-refractivity contribution in [2.45, 2.75) is 0 Å². The van der Waals surface area contributed by atoms with Crippen LogP contribution >= 0.6 is 35.4 Å². The van der Waals surface area contributed by atoms with Gasteiger partial charge in [-0.1, -0.05) is 11.6 Å². The number of hydrogen-bond donors (Lipinski definition) is 3. The number of H-pyrrole nitrogens is 1. The van der Waals surface area contributed by atoms with Crippen LogP contribution in [0.3, 0.4) is 0 Å². The van der Waals surface area contributed by atoms with E-state index in [1.54, 1.807) is 12.1 Å². The Bertz CT molecular complexity index is 598. The summed E-state index contributed by atoms with van der Waals surface area (Å²) in [5.41, 5.74) is 0.636. The summed E-state index contributed by atoms with van der Waals surface area (Å²) in [5.74, 6) is 0.0228. The molecule has 0 radical (unpaired) electrons. The molecule has 1 aromatic carbocycles. The second kappa shape index (κ2) is 5.63. The Hall–Kier alpha value is 0.480. The van der Waals surface area contributed by atoms with Crippen molar-refractivity contribution in [3.63, 3.8) is 0 Å². The molecule has 3 N–H and O–H groups in total. The number of nitrogens with one attached hydrogen (secondary N) is 1. The van der Waals surface area contributed by atoms with E-state index in [9.17, 15) is 4.57 Å². The van der Waals surface area contributed by atoms with Crippen molar-refractivity contribution < 1.29 is 18.9 Å². The van der Waals surface area contributed by atoms with E-state index in [4.69, 9.17) is 21.4 Å². The molecule has 2 rings (SSSR count). The van der Waals surface area contributed by atoms with Gasteiger partial charge in [-0.3, -0.25) is 9.79 Å². The van der Waals surface area contributed by atoms with Crippen LogP contribution in [-0.2, 0) is 4.57 Å². The average Bonchev–Trinajstić information content (AvgIpc) is 2.53. The number of hydrogen-bond acceptors (Lipinski definition) is 2. The number of phosphoric ester groups is 1. The first kappa shape index (κ1) is 15.5. The van der Waals surface area contributed by atoms with Gasteiger partial charge in [-0.2, -0.15) is 0 Å². The van der Waals surface area contributed by atoms with Crippen molar-refractivity contribution in [2.75, 3.05) is 0 Å². The molecular weight excluding hydrogens is 343 g/mol. The third-order valence-corrected chi connectivity index (χ3v) is 3.63. The minimum absolute atomic E-state index is 0. The maximum atomic E-state index is 10.7. The Morgan fingerprint density at radius 1 is 1.41 bits per heavy atom. The van der Waals surface area contributed by atoms with Crippen LogP contribution in [0.1, 0.15) is 0 Å². The fraction of sp³-hybridized carbons (Fsp3) is 0. The maximum absolute atomic E-state index is 10.7. The minimum atomic E-state index is -4.59. The van der Waals surface area contributed by atoms with E-state index in [-0.39, 0.29) is 35.3 Å². The van der Waals surface area contributed by atoms with Crippen molar-refractivity contribution in [2.24, 2.45) is 0 Å². The molecule has 0 spiro atoms. The normalized spacial score (nSPS) is 11.3. The van der Waals surface area contributed by atoms with Crippen LogP contribution in [0, 0.1) is 0 Å². The average molecular weight is 350 g/mol. The number of aromatic nitrogens is 1. The van der Waals surface area contributed by atoms with Gasteiger partial charge in [-0.15, -0.1) is 0 Å². The van der Waals surface area contributed by atoms with E-state index >= 15 is 0 Å². The second-order valence-corrected chi connectivity index (χ2v) is 5.41. The SMILES string of the molecule is O=P(O)(O)Oc1c[nH]c2ccc(Br)c(Cl)c12.[NaH]. The molecule has 0 saturated heterocycles. The molecule has 0 unspecified atom stereocenters. The Morgan fingerprint density at radius 2 is 2.06 bits per heavy atom. The first-order valence-electron chi connectivity index (χ1n) is 4.09. The summed E-state index contributed by atoms with van der Waals surface area (Å²) in [6, 6.07) is 3.44. The van der Waals surface area contributed by atoms with Gasteiger partial charge in [0.15, 0.2) is 5.75 Å². The van der Waals surface area contributed by atoms with E-state index in [0.29, 0.717) is 20.4 Å². The molecule has 0 aliphatic carbocycles. The third-order valence-electron chi connectivity index (χ3n) is 1.92. The van der Waals surface area contributed by atoms with Crippen LogP contribution in [0.4, 0.5) is 0 Å². The van der Waals surface area contributed by atoms with Crippen molar-refractivity contribution >= 4 is 75.8 Å². The second-order valence-electron chi connectivity index (χ2n) is 3.02. The number of fused-ring (bicyclic) bond motifs is 1. The number of phosphoric acid groups is 1. The summed E-state index contributed by atoms with van der Waals surface area (Å²) >= 11 is 9.22. The molecule has 1 aromatic heterocycles. The van der Waals surface area contributed by atoms with Gasteiger partial charge < -0.3 is 9.51 Å². The van der Waals surface area contributed by atoms with Gasteiger partial charge in [0.05, 0.1) is 15.9 Å². The fourth-order valence-electron chi connectivity index (χ4n) is 1.33. The quantitative estimate of drug-likeness (QED) is 0.574. The van der Waals surface area contributed by atoms with E-state index in [1.165, 1.54) is 6.20 Å². The topological polar surface area (TPSA) is 82.6 Å². The van der Waals surface area contributed by atoms with Crippen LogP contribution in [0.5, 0.6) is 5.75 Å². The fourth-order valence-corrected chi connectivity index (χ4v) is 2.32. The zero-order chi connectivity index (χ0) is 11.9. The third kappa shape index (κ3) is 3.49. The number of halogens is 2. The standard InChI is InChI=1S/C8H6BrClNO4P.Na.H/c9-4-1-2-5-7(8(4)10)6(3-11-5)15-16(12,13)14;;/h1-3,11H,(H2,12,13,14);;. The van der Waals surface area contributed by atoms with Gasteiger partial charge >= 0.3 is 37.4 Å². The van der Waals surface area contributed by atoms with Crippen molar-refractivity contribution in [3.8, 4) is 5.75 Å². The van der Waals surface area contributed by atoms with Gasteiger partial charge in [0.1, 0.15) is 0 Å². The molecule has 0 fully saturated rings. The number of benzene rings is 1. The Labute approximate surface area is 132 Å². The Balaban J connectivity index is 0.00000144. The Morgan fingerprint density at radius 3 is 2.65 bits per heavy atom. The summed E-state index contributed by atoms with van der Waals surface area (Å²) in [4.78, 5) is 20.3. The van der Waals surface area contributed by atoms with E-state index in [2.05, 4.69) is 25.4 Å². The van der Waals surface area contributed by atoms with E-state index in [1.807, 2.05) is 0 Å².